The van der Waals surface area contributed by atoms with Gasteiger partial charge in [-0.2, -0.15) is 0 Å². The molecule has 2 amide bonds. The maximum atomic E-state index is 10.2. The van der Waals surface area contributed by atoms with Gasteiger partial charge in [0.25, 0.3) is 0 Å². The van der Waals surface area contributed by atoms with E-state index in [0.717, 1.165) is 0 Å². The minimum atomic E-state index is -0.499. The smallest absolute Gasteiger partial charge is 0.220 e. The molecule has 0 aliphatic carbocycles. The van der Waals surface area contributed by atoms with Gasteiger partial charge in [0.1, 0.15) is 0 Å². The standard InChI is InChI=1S/C5H10N2O2/c1-3(5(7)9)2-4(6)8/h3H,2H2,1H3,(H2,6,8)(H2,7,9)/t3-/m1/s1. The van der Waals surface area contributed by atoms with E-state index >= 15 is 0 Å². The van der Waals surface area contributed by atoms with E-state index in [1.165, 1.54) is 0 Å². The molecule has 9 heavy (non-hydrogen) atoms. The molecule has 0 saturated heterocycles. The molecule has 1 atom stereocenters. The Hall–Kier alpha value is -1.06. The molecule has 4 heteroatoms. The lowest BCUT2D eigenvalue weighted by molar-refractivity contribution is -0.126. The molecule has 52 valence electrons. The molecule has 0 aromatic rings. The van der Waals surface area contributed by atoms with Crippen LogP contribution in [0.15, 0.2) is 0 Å². The second-order valence-electron chi connectivity index (χ2n) is 1.97. The van der Waals surface area contributed by atoms with Crippen LogP contribution in [0.3, 0.4) is 0 Å². The van der Waals surface area contributed by atoms with Crippen LogP contribution in [0.2, 0.25) is 0 Å². The van der Waals surface area contributed by atoms with Crippen molar-refractivity contribution >= 4 is 11.8 Å². The number of rotatable bonds is 3. The van der Waals surface area contributed by atoms with Gasteiger partial charge in [-0.25, -0.2) is 0 Å². The summed E-state index contributed by atoms with van der Waals surface area (Å²) in [6.07, 6.45) is 0.0370. The summed E-state index contributed by atoms with van der Waals surface area (Å²) in [7, 11) is 0. The van der Waals surface area contributed by atoms with Gasteiger partial charge in [-0.15, -0.1) is 0 Å². The van der Waals surface area contributed by atoms with Crippen LogP contribution in [0, 0.1) is 5.92 Å². The van der Waals surface area contributed by atoms with Gasteiger partial charge in [0.2, 0.25) is 11.8 Å². The van der Waals surface area contributed by atoms with Crippen molar-refractivity contribution < 1.29 is 9.59 Å². The van der Waals surface area contributed by atoms with Gasteiger partial charge < -0.3 is 11.5 Å². The lowest BCUT2D eigenvalue weighted by Gasteiger charge is -2.00. The predicted octanol–water partition coefficient (Wildman–Crippen LogP) is -1.02. The van der Waals surface area contributed by atoms with Gasteiger partial charge in [-0.1, -0.05) is 6.92 Å². The van der Waals surface area contributed by atoms with E-state index in [-0.39, 0.29) is 6.42 Å². The summed E-state index contributed by atoms with van der Waals surface area (Å²) in [5.41, 5.74) is 9.62. The van der Waals surface area contributed by atoms with Crippen LogP contribution in [0.25, 0.3) is 0 Å². The Labute approximate surface area is 53.2 Å². The Kier molecular flexibility index (Phi) is 2.70. The molecule has 0 aromatic carbocycles. The van der Waals surface area contributed by atoms with Crippen molar-refractivity contribution in [2.45, 2.75) is 13.3 Å². The summed E-state index contributed by atoms with van der Waals surface area (Å²) in [5.74, 6) is -1.43. The highest BCUT2D eigenvalue weighted by Crippen LogP contribution is 1.97. The highest BCUT2D eigenvalue weighted by Gasteiger charge is 2.10. The molecular weight excluding hydrogens is 120 g/mol. The lowest BCUT2D eigenvalue weighted by atomic mass is 10.1. The zero-order valence-electron chi connectivity index (χ0n) is 5.26. The van der Waals surface area contributed by atoms with E-state index in [2.05, 4.69) is 0 Å². The van der Waals surface area contributed by atoms with Crippen molar-refractivity contribution in [2.75, 3.05) is 0 Å². The first-order chi connectivity index (χ1) is 4.04. The summed E-state index contributed by atoms with van der Waals surface area (Å²) in [4.78, 5) is 20.4. The highest BCUT2D eigenvalue weighted by molar-refractivity contribution is 5.83. The average Bonchev–Trinajstić information content (AvgIpc) is 1.63. The third kappa shape index (κ3) is 3.52. The Morgan fingerprint density at radius 3 is 2.00 bits per heavy atom. The third-order valence-electron chi connectivity index (χ3n) is 0.993. The van der Waals surface area contributed by atoms with Gasteiger partial charge in [0.05, 0.1) is 0 Å². The third-order valence-corrected chi connectivity index (χ3v) is 0.993. The Balaban J connectivity index is 3.63. The number of hydrogen-bond donors (Lipinski definition) is 2. The van der Waals surface area contributed by atoms with Crippen LogP contribution in [0.5, 0.6) is 0 Å². The van der Waals surface area contributed by atoms with E-state index < -0.39 is 17.7 Å². The van der Waals surface area contributed by atoms with Gasteiger partial charge in [-0.3, -0.25) is 9.59 Å². The van der Waals surface area contributed by atoms with Gasteiger partial charge in [-0.05, 0) is 0 Å². The second-order valence-corrected chi connectivity index (χ2v) is 1.97. The monoisotopic (exact) mass is 130 g/mol. The predicted molar refractivity (Wildman–Crippen MR) is 32.2 cm³/mol. The van der Waals surface area contributed by atoms with Crippen molar-refractivity contribution in [3.05, 3.63) is 0 Å². The van der Waals surface area contributed by atoms with Crippen molar-refractivity contribution in [3.63, 3.8) is 0 Å². The van der Waals surface area contributed by atoms with E-state index in [4.69, 9.17) is 11.5 Å². The molecule has 0 aromatic heterocycles. The molecule has 0 aliphatic rings. The molecule has 4 N–H and O–H groups in total. The number of nitrogens with two attached hydrogens (primary N) is 2. The summed E-state index contributed by atoms with van der Waals surface area (Å²) in [6.45, 7) is 1.56. The van der Waals surface area contributed by atoms with Gasteiger partial charge in [0.15, 0.2) is 0 Å². The van der Waals surface area contributed by atoms with Crippen molar-refractivity contribution in [1.82, 2.24) is 0 Å². The topological polar surface area (TPSA) is 86.2 Å². The zero-order valence-corrected chi connectivity index (χ0v) is 5.26. The molecule has 0 saturated carbocycles. The maximum absolute atomic E-state index is 10.2. The molecule has 0 bridgehead atoms. The van der Waals surface area contributed by atoms with Crippen molar-refractivity contribution in [1.29, 1.82) is 0 Å². The number of carbonyl (C=O) groups is 2. The highest BCUT2D eigenvalue weighted by atomic mass is 16.2. The average molecular weight is 130 g/mol. The fourth-order valence-electron chi connectivity index (χ4n) is 0.402. The molecule has 0 fully saturated rings. The molecular formula is C5H10N2O2. The van der Waals surface area contributed by atoms with Crippen LogP contribution in [-0.2, 0) is 9.59 Å². The number of hydrogen-bond acceptors (Lipinski definition) is 2. The summed E-state index contributed by atoms with van der Waals surface area (Å²) in [6, 6.07) is 0. The van der Waals surface area contributed by atoms with Crippen molar-refractivity contribution in [3.8, 4) is 0 Å². The first-order valence-corrected chi connectivity index (χ1v) is 2.61. The van der Waals surface area contributed by atoms with Crippen molar-refractivity contribution in [2.24, 2.45) is 17.4 Å². The number of primary amides is 2. The Morgan fingerprint density at radius 1 is 1.44 bits per heavy atom. The first kappa shape index (κ1) is 7.94. The molecule has 0 spiro atoms. The minimum absolute atomic E-state index is 0.0370. The second kappa shape index (κ2) is 3.06. The molecule has 4 nitrogen and oxygen atoms in total. The normalized spacial score (nSPS) is 12.6. The van der Waals surface area contributed by atoms with E-state index in [1.807, 2.05) is 0 Å². The van der Waals surface area contributed by atoms with Crippen LogP contribution in [0.4, 0.5) is 0 Å². The largest absolute Gasteiger partial charge is 0.370 e. The minimum Gasteiger partial charge on any atom is -0.370 e. The van der Waals surface area contributed by atoms with E-state index in [1.54, 1.807) is 6.92 Å². The summed E-state index contributed by atoms with van der Waals surface area (Å²) >= 11 is 0. The summed E-state index contributed by atoms with van der Waals surface area (Å²) < 4.78 is 0. The van der Waals surface area contributed by atoms with Gasteiger partial charge >= 0.3 is 0 Å². The Morgan fingerprint density at radius 2 is 1.89 bits per heavy atom. The zero-order chi connectivity index (χ0) is 7.44. The SMILES string of the molecule is C[C@H](CC(N)=O)C(N)=O. The fourth-order valence-corrected chi connectivity index (χ4v) is 0.402. The number of amides is 2. The van der Waals surface area contributed by atoms with Gasteiger partial charge in [0, 0.05) is 12.3 Å². The van der Waals surface area contributed by atoms with Crippen LogP contribution in [0.1, 0.15) is 13.3 Å². The molecule has 0 unspecified atom stereocenters. The first-order valence-electron chi connectivity index (χ1n) is 2.61. The molecule has 0 rings (SSSR count). The lowest BCUT2D eigenvalue weighted by Crippen LogP contribution is -2.25. The van der Waals surface area contributed by atoms with E-state index in [9.17, 15) is 9.59 Å². The fraction of sp³-hybridized carbons (Fsp3) is 0.600. The Bertz CT molecular complexity index is 133. The van der Waals surface area contributed by atoms with Crippen LogP contribution >= 0.6 is 0 Å². The maximum Gasteiger partial charge on any atom is 0.220 e. The quantitative estimate of drug-likeness (QED) is 0.512. The van der Waals surface area contributed by atoms with Crippen LogP contribution in [-0.4, -0.2) is 11.8 Å². The van der Waals surface area contributed by atoms with Crippen LogP contribution < -0.4 is 11.5 Å². The molecule has 0 heterocycles. The summed E-state index contributed by atoms with van der Waals surface area (Å²) in [5, 5.41) is 0. The van der Waals surface area contributed by atoms with E-state index in [0.29, 0.717) is 0 Å². The molecule has 0 aliphatic heterocycles. The number of carbonyl (C=O) groups excluding carboxylic acids is 2. The molecule has 0 radical (unpaired) electrons.